The number of amides is 1. The van der Waals surface area contributed by atoms with Gasteiger partial charge in [0.15, 0.2) is 0 Å². The van der Waals surface area contributed by atoms with E-state index in [4.69, 9.17) is 0 Å². The lowest BCUT2D eigenvalue weighted by Crippen LogP contribution is -2.31. The quantitative estimate of drug-likeness (QED) is 0.796. The van der Waals surface area contributed by atoms with Crippen LogP contribution in [0.1, 0.15) is 6.42 Å². The van der Waals surface area contributed by atoms with E-state index in [-0.39, 0.29) is 23.8 Å². The number of aliphatic hydroxyl groups excluding tert-OH is 1. The van der Waals surface area contributed by atoms with E-state index in [0.717, 1.165) is 4.47 Å². The van der Waals surface area contributed by atoms with Crippen LogP contribution in [0, 0.1) is 5.92 Å². The van der Waals surface area contributed by atoms with E-state index in [9.17, 15) is 14.7 Å². The van der Waals surface area contributed by atoms with E-state index in [0.29, 0.717) is 29.9 Å². The minimum Gasteiger partial charge on any atom is -0.391 e. The predicted molar refractivity (Wildman–Crippen MR) is 95.1 cm³/mol. The van der Waals surface area contributed by atoms with Crippen LogP contribution >= 0.6 is 15.9 Å². The van der Waals surface area contributed by atoms with Gasteiger partial charge in [-0.1, -0.05) is 15.9 Å². The standard InChI is InChI=1S/C16H19BrN4O3/c1-18-14(23)5-9-7-21(8-13(9)22)16-19-12-4-3-10(17)6-11(12)15(24)20(16)2/h3-4,6,9,13,22H,5,7-8H2,1-2H3,(H,18,23)/t9-,13-/m1/s1. The first-order chi connectivity index (χ1) is 11.4. The highest BCUT2D eigenvalue weighted by Crippen LogP contribution is 2.25. The van der Waals surface area contributed by atoms with Crippen molar-refractivity contribution in [1.82, 2.24) is 14.9 Å². The summed E-state index contributed by atoms with van der Waals surface area (Å²) in [7, 11) is 3.25. The number of anilines is 1. The maximum Gasteiger partial charge on any atom is 0.262 e. The molecule has 24 heavy (non-hydrogen) atoms. The van der Waals surface area contributed by atoms with Crippen LogP contribution in [0.25, 0.3) is 10.9 Å². The van der Waals surface area contributed by atoms with Crippen molar-refractivity contribution in [2.45, 2.75) is 12.5 Å². The highest BCUT2D eigenvalue weighted by Gasteiger charge is 2.34. The van der Waals surface area contributed by atoms with Crippen molar-refractivity contribution in [3.63, 3.8) is 0 Å². The van der Waals surface area contributed by atoms with Gasteiger partial charge in [-0.15, -0.1) is 0 Å². The second-order valence-corrected chi connectivity index (χ2v) is 6.96. The van der Waals surface area contributed by atoms with Crippen LogP contribution in [0.5, 0.6) is 0 Å². The van der Waals surface area contributed by atoms with Gasteiger partial charge in [0.2, 0.25) is 11.9 Å². The predicted octanol–water partition coefficient (Wildman–Crippen LogP) is 0.629. The molecule has 0 spiro atoms. The monoisotopic (exact) mass is 394 g/mol. The number of aliphatic hydroxyl groups is 1. The molecule has 1 aromatic carbocycles. The van der Waals surface area contributed by atoms with Gasteiger partial charge in [-0.25, -0.2) is 4.98 Å². The number of carbonyl (C=O) groups excluding carboxylic acids is 1. The number of nitrogens with zero attached hydrogens (tertiary/aromatic N) is 3. The van der Waals surface area contributed by atoms with Gasteiger partial charge < -0.3 is 15.3 Å². The highest BCUT2D eigenvalue weighted by molar-refractivity contribution is 9.10. The molecule has 8 heteroatoms. The third-order valence-electron chi connectivity index (χ3n) is 4.43. The zero-order valence-corrected chi connectivity index (χ0v) is 15.1. The molecule has 3 rings (SSSR count). The number of hydrogen-bond acceptors (Lipinski definition) is 5. The lowest BCUT2D eigenvalue weighted by Gasteiger charge is -2.20. The van der Waals surface area contributed by atoms with Crippen molar-refractivity contribution in [3.8, 4) is 0 Å². The molecule has 1 amide bonds. The summed E-state index contributed by atoms with van der Waals surface area (Å²) in [6, 6.07) is 5.38. The molecule has 1 aliphatic heterocycles. The summed E-state index contributed by atoms with van der Waals surface area (Å²) in [6.07, 6.45) is -0.373. The fourth-order valence-corrected chi connectivity index (χ4v) is 3.43. The topological polar surface area (TPSA) is 87.5 Å². The van der Waals surface area contributed by atoms with E-state index in [2.05, 4.69) is 26.2 Å². The number of rotatable bonds is 3. The first kappa shape index (κ1) is 16.9. The fraction of sp³-hybridized carbons (Fsp3) is 0.438. The molecule has 0 radical (unpaired) electrons. The Bertz CT molecular complexity index is 851. The van der Waals surface area contributed by atoms with Crippen molar-refractivity contribution in [2.24, 2.45) is 13.0 Å². The zero-order chi connectivity index (χ0) is 17.4. The van der Waals surface area contributed by atoms with Crippen molar-refractivity contribution < 1.29 is 9.90 Å². The van der Waals surface area contributed by atoms with E-state index in [1.807, 2.05) is 11.0 Å². The van der Waals surface area contributed by atoms with Crippen LogP contribution in [-0.2, 0) is 11.8 Å². The maximum absolute atomic E-state index is 12.6. The van der Waals surface area contributed by atoms with Crippen LogP contribution < -0.4 is 15.8 Å². The summed E-state index contributed by atoms with van der Waals surface area (Å²) in [4.78, 5) is 30.6. The molecule has 2 N–H and O–H groups in total. The second kappa shape index (κ2) is 6.52. The molecule has 1 aliphatic rings. The van der Waals surface area contributed by atoms with Crippen molar-refractivity contribution in [3.05, 3.63) is 33.0 Å². The van der Waals surface area contributed by atoms with Crippen LogP contribution in [0.4, 0.5) is 5.95 Å². The van der Waals surface area contributed by atoms with Gasteiger partial charge in [0.05, 0.1) is 17.0 Å². The van der Waals surface area contributed by atoms with Crippen LogP contribution in [-0.4, -0.2) is 46.8 Å². The van der Waals surface area contributed by atoms with Crippen LogP contribution in [0.15, 0.2) is 27.5 Å². The largest absolute Gasteiger partial charge is 0.391 e. The number of fused-ring (bicyclic) bond motifs is 1. The van der Waals surface area contributed by atoms with E-state index >= 15 is 0 Å². The second-order valence-electron chi connectivity index (χ2n) is 6.05. The zero-order valence-electron chi connectivity index (χ0n) is 13.5. The van der Waals surface area contributed by atoms with Gasteiger partial charge in [-0.3, -0.25) is 14.2 Å². The molecular formula is C16H19BrN4O3. The Morgan fingerprint density at radius 2 is 2.21 bits per heavy atom. The molecular weight excluding hydrogens is 376 g/mol. The third kappa shape index (κ3) is 3.03. The Labute approximate surface area is 147 Å². The molecule has 0 saturated carbocycles. The van der Waals surface area contributed by atoms with E-state index in [1.54, 1.807) is 26.2 Å². The number of carbonyl (C=O) groups is 1. The van der Waals surface area contributed by atoms with Crippen LogP contribution in [0.2, 0.25) is 0 Å². The molecule has 128 valence electrons. The number of aromatic nitrogens is 2. The van der Waals surface area contributed by atoms with Gasteiger partial charge >= 0.3 is 0 Å². The fourth-order valence-electron chi connectivity index (χ4n) is 3.07. The van der Waals surface area contributed by atoms with Crippen LogP contribution in [0.3, 0.4) is 0 Å². The summed E-state index contributed by atoms with van der Waals surface area (Å²) in [5.41, 5.74) is 0.473. The molecule has 1 saturated heterocycles. The molecule has 2 heterocycles. The van der Waals surface area contributed by atoms with Crippen molar-refractivity contribution in [2.75, 3.05) is 25.0 Å². The molecule has 1 aromatic heterocycles. The lowest BCUT2D eigenvalue weighted by molar-refractivity contribution is -0.122. The minimum absolute atomic E-state index is 0.105. The summed E-state index contributed by atoms with van der Waals surface area (Å²) in [6.45, 7) is 0.834. The Morgan fingerprint density at radius 1 is 1.46 bits per heavy atom. The van der Waals surface area contributed by atoms with Gasteiger partial charge in [0.25, 0.3) is 5.56 Å². The molecule has 7 nitrogen and oxygen atoms in total. The Kier molecular flexibility index (Phi) is 4.60. The highest BCUT2D eigenvalue weighted by atomic mass is 79.9. The SMILES string of the molecule is CNC(=O)C[C@@H]1CN(c2nc3ccc(Br)cc3c(=O)n2C)C[C@H]1O. The number of nitrogens with one attached hydrogen (secondary N) is 1. The average Bonchev–Trinajstić information content (AvgIpc) is 2.91. The molecule has 0 aliphatic carbocycles. The average molecular weight is 395 g/mol. The van der Waals surface area contributed by atoms with E-state index < -0.39 is 6.10 Å². The van der Waals surface area contributed by atoms with Crippen molar-refractivity contribution >= 4 is 38.7 Å². The maximum atomic E-state index is 12.6. The summed E-state index contributed by atoms with van der Waals surface area (Å²) < 4.78 is 2.31. The molecule has 0 bridgehead atoms. The molecule has 2 aromatic rings. The number of benzene rings is 1. The van der Waals surface area contributed by atoms with Gasteiger partial charge in [-0.2, -0.15) is 0 Å². The van der Waals surface area contributed by atoms with Crippen molar-refractivity contribution in [1.29, 1.82) is 0 Å². The first-order valence-electron chi connectivity index (χ1n) is 7.70. The Balaban J connectivity index is 1.95. The van der Waals surface area contributed by atoms with Gasteiger partial charge in [0, 0.05) is 44.0 Å². The minimum atomic E-state index is -0.625. The number of halogens is 1. The molecule has 2 atom stereocenters. The number of hydrogen-bond donors (Lipinski definition) is 2. The van der Waals surface area contributed by atoms with Gasteiger partial charge in [0.1, 0.15) is 0 Å². The Hall–Kier alpha value is -1.93. The molecule has 1 fully saturated rings. The van der Waals surface area contributed by atoms with Gasteiger partial charge in [-0.05, 0) is 18.2 Å². The normalized spacial score (nSPS) is 20.6. The smallest absolute Gasteiger partial charge is 0.262 e. The Morgan fingerprint density at radius 3 is 2.92 bits per heavy atom. The van der Waals surface area contributed by atoms with E-state index in [1.165, 1.54) is 4.57 Å². The molecule has 0 unspecified atom stereocenters. The summed E-state index contributed by atoms with van der Waals surface area (Å²) >= 11 is 3.36. The lowest BCUT2D eigenvalue weighted by atomic mass is 10.0. The number of β-amino-alcohol motifs (C(OH)–C–C–N with tert-alkyl or cyclic N) is 1. The first-order valence-corrected chi connectivity index (χ1v) is 8.50. The summed E-state index contributed by atoms with van der Waals surface area (Å²) in [5, 5.41) is 13.3. The third-order valence-corrected chi connectivity index (χ3v) is 4.92. The summed E-state index contributed by atoms with van der Waals surface area (Å²) in [5.74, 6) is 0.224.